The van der Waals surface area contributed by atoms with E-state index in [1.54, 1.807) is 13.8 Å². The summed E-state index contributed by atoms with van der Waals surface area (Å²) in [6, 6.07) is 4.81. The van der Waals surface area contributed by atoms with Crippen LogP contribution in [0.25, 0.3) is 0 Å². The third-order valence-corrected chi connectivity index (χ3v) is 2.78. The van der Waals surface area contributed by atoms with Gasteiger partial charge in [-0.1, -0.05) is 26.0 Å². The third kappa shape index (κ3) is 2.86. The maximum Gasteiger partial charge on any atom is 0.332 e. The molecule has 0 amide bonds. The summed E-state index contributed by atoms with van der Waals surface area (Å²) in [7, 11) is -4.68. The molecule has 0 unspecified atom stereocenters. The Morgan fingerprint density at radius 1 is 1.20 bits per heavy atom. The number of Topliss-reactive ketones (excluding diaryl/α,β-unsaturated/α-hetero) is 1. The van der Waals surface area contributed by atoms with Crippen molar-refractivity contribution in [2.75, 3.05) is 0 Å². The summed E-state index contributed by atoms with van der Waals surface area (Å²) >= 11 is 0. The molecule has 15 heavy (non-hydrogen) atoms. The van der Waals surface area contributed by atoms with E-state index < -0.39 is 15.1 Å². The zero-order valence-corrected chi connectivity index (χ0v) is 9.21. The molecule has 0 aliphatic heterocycles. The summed E-state index contributed by atoms with van der Waals surface area (Å²) in [5.41, 5.74) is 0.386. The molecule has 0 N–H and O–H groups in total. The monoisotopic (exact) mass is 230 g/mol. The summed E-state index contributed by atoms with van der Waals surface area (Å²) in [5.74, 6) is -0.268. The van der Waals surface area contributed by atoms with Crippen molar-refractivity contribution in [3.05, 3.63) is 29.8 Å². The fourth-order valence-corrected chi connectivity index (χ4v) is 1.58. The van der Waals surface area contributed by atoms with E-state index in [9.17, 15) is 17.1 Å². The van der Waals surface area contributed by atoms with Crippen molar-refractivity contribution >= 4 is 16.0 Å². The van der Waals surface area contributed by atoms with Crippen molar-refractivity contribution in [2.24, 2.45) is 5.92 Å². The van der Waals surface area contributed by atoms with Crippen molar-refractivity contribution in [1.29, 1.82) is 0 Å². The van der Waals surface area contributed by atoms with E-state index in [0.717, 1.165) is 12.1 Å². The minimum absolute atomic E-state index is 0.0993. The highest BCUT2D eigenvalue weighted by Crippen LogP contribution is 2.15. The normalized spacial score (nSPS) is 11.7. The minimum atomic E-state index is -4.68. The van der Waals surface area contributed by atoms with Crippen LogP contribution in [-0.4, -0.2) is 14.2 Å². The van der Waals surface area contributed by atoms with Crippen LogP contribution in [0, 0.1) is 5.92 Å². The highest BCUT2D eigenvalue weighted by atomic mass is 32.3. The molecule has 0 aromatic heterocycles. The highest BCUT2D eigenvalue weighted by Gasteiger charge is 2.14. The summed E-state index contributed by atoms with van der Waals surface area (Å²) in [5, 5.41) is 0. The lowest BCUT2D eigenvalue weighted by molar-refractivity contribution is 0.0939. The molecule has 0 bridgehead atoms. The Morgan fingerprint density at radius 3 is 2.00 bits per heavy atom. The summed E-state index contributed by atoms with van der Waals surface area (Å²) in [6.45, 7) is 3.48. The van der Waals surface area contributed by atoms with E-state index in [0.29, 0.717) is 5.56 Å². The predicted molar refractivity (Wildman–Crippen MR) is 53.9 cm³/mol. The Bertz CT molecular complexity index is 460. The van der Waals surface area contributed by atoms with Gasteiger partial charge in [-0.25, -0.2) is 0 Å². The number of benzene rings is 1. The lowest BCUT2D eigenvalue weighted by Crippen LogP contribution is -2.07. The fourth-order valence-electron chi connectivity index (χ4n) is 1.12. The first-order valence-electron chi connectivity index (χ1n) is 4.41. The zero-order valence-electron chi connectivity index (χ0n) is 8.40. The van der Waals surface area contributed by atoms with Crippen molar-refractivity contribution in [2.45, 2.75) is 18.7 Å². The Morgan fingerprint density at radius 2 is 1.67 bits per heavy atom. The van der Waals surface area contributed by atoms with Gasteiger partial charge in [0.2, 0.25) is 0 Å². The molecule has 1 aromatic rings. The first-order chi connectivity index (χ1) is 6.82. The molecule has 0 saturated carbocycles. The van der Waals surface area contributed by atoms with E-state index in [1.165, 1.54) is 12.1 Å². The molecule has 3 nitrogen and oxygen atoms in total. The number of halogens is 1. The van der Waals surface area contributed by atoms with Crippen molar-refractivity contribution in [3.8, 4) is 0 Å². The molecular formula is C10H11FO3S. The third-order valence-electron chi connectivity index (χ3n) is 1.94. The van der Waals surface area contributed by atoms with Crippen LogP contribution in [0.4, 0.5) is 3.89 Å². The number of carbonyl (C=O) groups excluding carboxylic acids is 1. The summed E-state index contributed by atoms with van der Waals surface area (Å²) in [4.78, 5) is 11.0. The van der Waals surface area contributed by atoms with Crippen LogP contribution in [0.1, 0.15) is 24.2 Å². The van der Waals surface area contributed by atoms with Crippen LogP contribution in [0.5, 0.6) is 0 Å². The molecule has 82 valence electrons. The van der Waals surface area contributed by atoms with Crippen molar-refractivity contribution < 1.29 is 17.1 Å². The average molecular weight is 230 g/mol. The van der Waals surface area contributed by atoms with Gasteiger partial charge in [0, 0.05) is 11.5 Å². The number of carbonyl (C=O) groups is 1. The van der Waals surface area contributed by atoms with E-state index >= 15 is 0 Å². The largest absolute Gasteiger partial charge is 0.332 e. The van der Waals surface area contributed by atoms with E-state index in [4.69, 9.17) is 0 Å². The van der Waals surface area contributed by atoms with Crippen LogP contribution >= 0.6 is 0 Å². The second-order valence-corrected chi connectivity index (χ2v) is 4.83. The Hall–Kier alpha value is -1.23. The van der Waals surface area contributed by atoms with E-state index in [-0.39, 0.29) is 11.7 Å². The van der Waals surface area contributed by atoms with Gasteiger partial charge in [-0.15, -0.1) is 3.89 Å². The molecule has 1 rings (SSSR count). The molecule has 0 radical (unpaired) electrons. The van der Waals surface area contributed by atoms with E-state index in [2.05, 4.69) is 0 Å². The quantitative estimate of drug-likeness (QED) is 0.590. The Balaban J connectivity index is 3.06. The molecule has 0 atom stereocenters. The molecule has 0 spiro atoms. The van der Waals surface area contributed by atoms with Crippen LogP contribution in [-0.2, 0) is 10.2 Å². The average Bonchev–Trinajstić information content (AvgIpc) is 2.15. The topological polar surface area (TPSA) is 51.2 Å². The summed E-state index contributed by atoms with van der Waals surface area (Å²) in [6.07, 6.45) is 0. The van der Waals surface area contributed by atoms with Crippen LogP contribution in [0.3, 0.4) is 0 Å². The molecular weight excluding hydrogens is 219 g/mol. The highest BCUT2D eigenvalue weighted by molar-refractivity contribution is 7.86. The maximum atomic E-state index is 12.5. The van der Waals surface area contributed by atoms with Gasteiger partial charge in [0.25, 0.3) is 0 Å². The SMILES string of the molecule is CC(C)C(=O)c1ccc(S(=O)(=O)F)cc1. The van der Waals surface area contributed by atoms with Gasteiger partial charge in [0.15, 0.2) is 5.78 Å². The molecule has 0 heterocycles. The van der Waals surface area contributed by atoms with Crippen molar-refractivity contribution in [1.82, 2.24) is 0 Å². The van der Waals surface area contributed by atoms with Crippen LogP contribution < -0.4 is 0 Å². The van der Waals surface area contributed by atoms with Gasteiger partial charge in [-0.3, -0.25) is 4.79 Å². The number of hydrogen-bond donors (Lipinski definition) is 0. The van der Waals surface area contributed by atoms with Gasteiger partial charge in [-0.2, -0.15) is 8.42 Å². The van der Waals surface area contributed by atoms with Gasteiger partial charge < -0.3 is 0 Å². The Labute approximate surface area is 88.1 Å². The molecule has 0 saturated heterocycles. The minimum Gasteiger partial charge on any atom is -0.294 e. The number of hydrogen-bond acceptors (Lipinski definition) is 3. The van der Waals surface area contributed by atoms with E-state index in [1.807, 2.05) is 0 Å². The lowest BCUT2D eigenvalue weighted by Gasteiger charge is -2.03. The fraction of sp³-hybridized carbons (Fsp3) is 0.300. The molecule has 0 aliphatic carbocycles. The number of ketones is 1. The second-order valence-electron chi connectivity index (χ2n) is 3.48. The molecule has 1 aromatic carbocycles. The van der Waals surface area contributed by atoms with Crippen LogP contribution in [0.2, 0.25) is 0 Å². The maximum absolute atomic E-state index is 12.5. The molecule has 5 heteroatoms. The zero-order chi connectivity index (χ0) is 11.6. The van der Waals surface area contributed by atoms with Gasteiger partial charge >= 0.3 is 10.2 Å². The van der Waals surface area contributed by atoms with Crippen LogP contribution in [0.15, 0.2) is 29.2 Å². The molecule has 0 fully saturated rings. The Kier molecular flexibility index (Phi) is 3.24. The second kappa shape index (κ2) is 4.10. The molecule has 0 aliphatic rings. The standard InChI is InChI=1S/C10H11FO3S/c1-7(2)10(12)8-3-5-9(6-4-8)15(11,13)14/h3-7H,1-2H3. The first kappa shape index (κ1) is 11.8. The smallest absolute Gasteiger partial charge is 0.294 e. The predicted octanol–water partition coefficient (Wildman–Crippen LogP) is 2.18. The number of rotatable bonds is 3. The first-order valence-corrected chi connectivity index (χ1v) is 5.79. The van der Waals surface area contributed by atoms with Crippen molar-refractivity contribution in [3.63, 3.8) is 0 Å². The van der Waals surface area contributed by atoms with Gasteiger partial charge in [-0.05, 0) is 12.1 Å². The summed E-state index contributed by atoms with van der Waals surface area (Å²) < 4.78 is 33.5. The lowest BCUT2D eigenvalue weighted by atomic mass is 10.0. The van der Waals surface area contributed by atoms with Gasteiger partial charge in [0.1, 0.15) is 0 Å². The van der Waals surface area contributed by atoms with Gasteiger partial charge in [0.05, 0.1) is 4.90 Å².